The van der Waals surface area contributed by atoms with Crippen LogP contribution in [-0.2, 0) is 4.79 Å². The van der Waals surface area contributed by atoms with Crippen LogP contribution in [0.15, 0.2) is 16.6 Å². The van der Waals surface area contributed by atoms with Crippen LogP contribution in [0.2, 0.25) is 0 Å². The van der Waals surface area contributed by atoms with Gasteiger partial charge in [0.25, 0.3) is 5.69 Å². The molecule has 1 aliphatic heterocycles. The molecule has 1 unspecified atom stereocenters. The Bertz CT molecular complexity index is 572. The van der Waals surface area contributed by atoms with Gasteiger partial charge in [-0.05, 0) is 22.0 Å². The summed E-state index contributed by atoms with van der Waals surface area (Å²) in [7, 11) is 0. The summed E-state index contributed by atoms with van der Waals surface area (Å²) in [5.41, 5.74) is -0.306. The van der Waals surface area contributed by atoms with Crippen LogP contribution in [0.3, 0.4) is 0 Å². The Hall–Kier alpha value is -1.35. The number of anilines is 1. The maximum Gasteiger partial charge on any atom is 0.327 e. The number of hydrogen-bond donors (Lipinski definition) is 1. The largest absolute Gasteiger partial charge is 0.480 e. The quantitative estimate of drug-likeness (QED) is 0.655. The molecule has 1 saturated heterocycles. The number of halogens is 2. The SMILES string of the molecule is O=C(O)C1CSCCN1c1cc(Br)c(F)cc1[N+](=O)[O-]. The number of carboxylic acid groups (broad SMARTS) is 1. The molecule has 1 heterocycles. The van der Waals surface area contributed by atoms with Crippen molar-refractivity contribution >= 4 is 45.0 Å². The number of nitro groups is 1. The number of carbonyl (C=O) groups is 1. The number of rotatable bonds is 3. The summed E-state index contributed by atoms with van der Waals surface area (Å²) in [6, 6.07) is 1.21. The van der Waals surface area contributed by atoms with Crippen molar-refractivity contribution in [2.45, 2.75) is 6.04 Å². The van der Waals surface area contributed by atoms with Gasteiger partial charge < -0.3 is 10.0 Å². The Morgan fingerprint density at radius 2 is 2.30 bits per heavy atom. The minimum atomic E-state index is -1.05. The molecular weight excluding hydrogens is 355 g/mol. The van der Waals surface area contributed by atoms with Crippen LogP contribution < -0.4 is 4.90 Å². The molecule has 0 saturated carbocycles. The van der Waals surface area contributed by atoms with E-state index in [2.05, 4.69) is 15.9 Å². The third kappa shape index (κ3) is 2.88. The molecule has 20 heavy (non-hydrogen) atoms. The van der Waals surface area contributed by atoms with Crippen LogP contribution in [0.4, 0.5) is 15.8 Å². The van der Waals surface area contributed by atoms with Crippen molar-refractivity contribution in [3.05, 3.63) is 32.5 Å². The molecule has 0 bridgehead atoms. The average Bonchev–Trinajstić information content (AvgIpc) is 2.41. The number of nitrogens with zero attached hydrogens (tertiary/aromatic N) is 2. The molecular formula is C11H10BrFN2O4S. The Morgan fingerprint density at radius 3 is 2.90 bits per heavy atom. The van der Waals surface area contributed by atoms with E-state index in [0.29, 0.717) is 18.1 Å². The highest BCUT2D eigenvalue weighted by atomic mass is 79.9. The van der Waals surface area contributed by atoms with Gasteiger partial charge >= 0.3 is 5.97 Å². The topological polar surface area (TPSA) is 83.7 Å². The molecule has 1 N–H and O–H groups in total. The lowest BCUT2D eigenvalue weighted by molar-refractivity contribution is -0.384. The number of thioether (sulfide) groups is 1. The first-order valence-electron chi connectivity index (χ1n) is 5.62. The summed E-state index contributed by atoms with van der Waals surface area (Å²) >= 11 is 4.45. The van der Waals surface area contributed by atoms with Gasteiger partial charge in [0, 0.05) is 18.1 Å². The summed E-state index contributed by atoms with van der Waals surface area (Å²) in [5.74, 6) is -0.803. The van der Waals surface area contributed by atoms with Crippen molar-refractivity contribution in [2.24, 2.45) is 0 Å². The molecule has 1 aliphatic rings. The lowest BCUT2D eigenvalue weighted by atomic mass is 10.2. The predicted octanol–water partition coefficient (Wildman–Crippen LogP) is 2.50. The molecule has 9 heteroatoms. The number of carboxylic acids is 1. The van der Waals surface area contributed by atoms with Crippen molar-refractivity contribution in [1.29, 1.82) is 0 Å². The highest BCUT2D eigenvalue weighted by Gasteiger charge is 2.33. The molecule has 0 spiro atoms. The van der Waals surface area contributed by atoms with Gasteiger partial charge in [-0.15, -0.1) is 0 Å². The third-order valence-corrected chi connectivity index (χ3v) is 4.57. The van der Waals surface area contributed by atoms with Crippen LogP contribution in [0.1, 0.15) is 0 Å². The molecule has 1 aromatic rings. The van der Waals surface area contributed by atoms with Gasteiger partial charge in [-0.2, -0.15) is 11.8 Å². The predicted molar refractivity (Wildman–Crippen MR) is 76.8 cm³/mol. The minimum Gasteiger partial charge on any atom is -0.480 e. The standard InChI is InChI=1S/C11H10BrFN2O4S/c12-6-3-8(9(15(18)19)4-7(6)13)14-1-2-20-5-10(14)11(16)17/h3-4,10H,1-2,5H2,(H,16,17). The van der Waals surface area contributed by atoms with Crippen LogP contribution in [-0.4, -0.2) is 40.1 Å². The van der Waals surface area contributed by atoms with E-state index in [0.717, 1.165) is 6.07 Å². The Labute approximate surface area is 126 Å². The average molecular weight is 365 g/mol. The molecule has 1 aromatic carbocycles. The number of benzene rings is 1. The van der Waals surface area contributed by atoms with Crippen molar-refractivity contribution in [2.75, 3.05) is 23.0 Å². The lowest BCUT2D eigenvalue weighted by Gasteiger charge is -2.34. The van der Waals surface area contributed by atoms with Crippen LogP contribution >= 0.6 is 27.7 Å². The Balaban J connectivity index is 2.51. The first-order valence-corrected chi connectivity index (χ1v) is 7.57. The monoisotopic (exact) mass is 364 g/mol. The normalized spacial score (nSPS) is 18.9. The fourth-order valence-electron chi connectivity index (χ4n) is 2.00. The van der Waals surface area contributed by atoms with E-state index in [-0.39, 0.29) is 10.2 Å². The fourth-order valence-corrected chi connectivity index (χ4v) is 3.37. The van der Waals surface area contributed by atoms with Crippen LogP contribution in [0, 0.1) is 15.9 Å². The van der Waals surface area contributed by atoms with Gasteiger partial charge in [-0.3, -0.25) is 10.1 Å². The van der Waals surface area contributed by atoms with Gasteiger partial charge in [-0.1, -0.05) is 0 Å². The first kappa shape index (κ1) is 15.0. The summed E-state index contributed by atoms with van der Waals surface area (Å²) in [4.78, 5) is 23.1. The van der Waals surface area contributed by atoms with Gasteiger partial charge in [0.15, 0.2) is 0 Å². The molecule has 0 aromatic heterocycles. The van der Waals surface area contributed by atoms with E-state index in [9.17, 15) is 24.4 Å². The highest BCUT2D eigenvalue weighted by molar-refractivity contribution is 9.10. The first-order chi connectivity index (χ1) is 9.41. The van der Waals surface area contributed by atoms with Gasteiger partial charge in [-0.25, -0.2) is 9.18 Å². The number of aliphatic carboxylic acids is 1. The van der Waals surface area contributed by atoms with Gasteiger partial charge in [0.05, 0.1) is 15.5 Å². The Kier molecular flexibility index (Phi) is 4.48. The molecule has 1 atom stereocenters. The summed E-state index contributed by atoms with van der Waals surface area (Å²) in [6.07, 6.45) is 0. The molecule has 1 fully saturated rings. The highest BCUT2D eigenvalue weighted by Crippen LogP contribution is 2.36. The number of nitro benzene ring substituents is 1. The molecule has 0 amide bonds. The van der Waals surface area contributed by atoms with Crippen molar-refractivity contribution in [1.82, 2.24) is 0 Å². The molecule has 0 radical (unpaired) electrons. The fraction of sp³-hybridized carbons (Fsp3) is 0.364. The van der Waals surface area contributed by atoms with Crippen molar-refractivity contribution in [3.8, 4) is 0 Å². The van der Waals surface area contributed by atoms with Gasteiger partial charge in [0.2, 0.25) is 0 Å². The van der Waals surface area contributed by atoms with E-state index in [1.807, 2.05) is 0 Å². The molecule has 108 valence electrons. The van der Waals surface area contributed by atoms with E-state index in [4.69, 9.17) is 0 Å². The summed E-state index contributed by atoms with van der Waals surface area (Å²) in [5, 5.41) is 20.3. The van der Waals surface area contributed by atoms with Crippen molar-refractivity contribution in [3.63, 3.8) is 0 Å². The van der Waals surface area contributed by atoms with E-state index in [1.54, 1.807) is 0 Å². The molecule has 2 rings (SSSR count). The lowest BCUT2D eigenvalue weighted by Crippen LogP contribution is -2.47. The zero-order valence-corrected chi connectivity index (χ0v) is 12.5. The molecule has 0 aliphatic carbocycles. The number of hydrogen-bond acceptors (Lipinski definition) is 5. The second kappa shape index (κ2) is 5.96. The van der Waals surface area contributed by atoms with E-state index in [1.165, 1.54) is 22.7 Å². The zero-order valence-electron chi connectivity index (χ0n) is 10.1. The minimum absolute atomic E-state index is 0.0699. The Morgan fingerprint density at radius 1 is 1.60 bits per heavy atom. The molecule has 6 nitrogen and oxygen atoms in total. The maximum absolute atomic E-state index is 13.5. The van der Waals surface area contributed by atoms with Crippen LogP contribution in [0.25, 0.3) is 0 Å². The maximum atomic E-state index is 13.5. The zero-order chi connectivity index (χ0) is 14.9. The van der Waals surface area contributed by atoms with E-state index >= 15 is 0 Å². The van der Waals surface area contributed by atoms with Crippen LogP contribution in [0.5, 0.6) is 0 Å². The third-order valence-electron chi connectivity index (χ3n) is 2.94. The summed E-state index contributed by atoms with van der Waals surface area (Å²) in [6.45, 7) is 0.362. The smallest absolute Gasteiger partial charge is 0.327 e. The van der Waals surface area contributed by atoms with Gasteiger partial charge in [0.1, 0.15) is 17.5 Å². The van der Waals surface area contributed by atoms with E-state index < -0.39 is 28.4 Å². The summed E-state index contributed by atoms with van der Waals surface area (Å²) < 4.78 is 13.5. The second-order valence-corrected chi connectivity index (χ2v) is 6.14. The second-order valence-electron chi connectivity index (χ2n) is 4.13. The van der Waals surface area contributed by atoms with Crippen molar-refractivity contribution < 1.29 is 19.2 Å².